The van der Waals surface area contributed by atoms with Gasteiger partial charge in [-0.2, -0.15) is 0 Å². The van der Waals surface area contributed by atoms with Gasteiger partial charge in [0.05, 0.1) is 12.2 Å². The second-order valence-electron chi connectivity index (χ2n) is 5.78. The normalized spacial score (nSPS) is 10.1. The zero-order valence-corrected chi connectivity index (χ0v) is 15.6. The number of carbonyl (C=O) groups excluding carboxylic acids is 3. The highest BCUT2D eigenvalue weighted by molar-refractivity contribution is 5.98. The highest BCUT2D eigenvalue weighted by Gasteiger charge is 2.14. The molecule has 0 aliphatic heterocycles. The van der Waals surface area contributed by atoms with Gasteiger partial charge in [0.15, 0.2) is 6.61 Å². The van der Waals surface area contributed by atoms with Crippen LogP contribution in [0.3, 0.4) is 0 Å². The van der Waals surface area contributed by atoms with Crippen LogP contribution in [0.15, 0.2) is 42.5 Å². The molecule has 0 unspecified atom stereocenters. The SMILES string of the molecule is CCOc1ccccc1C(=O)NCC(=O)OCC(=O)Nc1ccc(C)c(F)c1. The number of hydrogen-bond donors (Lipinski definition) is 2. The monoisotopic (exact) mass is 388 g/mol. The third-order valence-corrected chi connectivity index (χ3v) is 3.64. The molecule has 2 N–H and O–H groups in total. The quantitative estimate of drug-likeness (QED) is 0.678. The number of esters is 1. The molecule has 0 saturated carbocycles. The van der Waals surface area contributed by atoms with E-state index in [0.717, 1.165) is 0 Å². The molecule has 0 bridgehead atoms. The smallest absolute Gasteiger partial charge is 0.325 e. The van der Waals surface area contributed by atoms with Crippen molar-refractivity contribution < 1.29 is 28.2 Å². The summed E-state index contributed by atoms with van der Waals surface area (Å²) >= 11 is 0. The van der Waals surface area contributed by atoms with E-state index in [1.807, 2.05) is 0 Å². The number of benzene rings is 2. The van der Waals surface area contributed by atoms with Crippen LogP contribution in [-0.2, 0) is 14.3 Å². The molecule has 0 aliphatic rings. The van der Waals surface area contributed by atoms with Crippen LogP contribution < -0.4 is 15.4 Å². The molecule has 148 valence electrons. The summed E-state index contributed by atoms with van der Waals surface area (Å²) in [5, 5.41) is 4.83. The summed E-state index contributed by atoms with van der Waals surface area (Å²) in [7, 11) is 0. The highest BCUT2D eigenvalue weighted by atomic mass is 19.1. The van der Waals surface area contributed by atoms with Crippen molar-refractivity contribution in [3.8, 4) is 5.75 Å². The lowest BCUT2D eigenvalue weighted by molar-refractivity contribution is -0.146. The summed E-state index contributed by atoms with van der Waals surface area (Å²) in [5.74, 6) is -1.96. The first-order valence-corrected chi connectivity index (χ1v) is 8.62. The number of anilines is 1. The van der Waals surface area contributed by atoms with Gasteiger partial charge in [-0.3, -0.25) is 14.4 Å². The summed E-state index contributed by atoms with van der Waals surface area (Å²) in [6.45, 7) is 2.82. The average Bonchev–Trinajstić information content (AvgIpc) is 2.68. The predicted molar refractivity (Wildman–Crippen MR) is 101 cm³/mol. The minimum atomic E-state index is -0.785. The van der Waals surface area contributed by atoms with Gasteiger partial charge in [-0.15, -0.1) is 0 Å². The molecule has 2 aromatic rings. The summed E-state index contributed by atoms with van der Waals surface area (Å²) in [4.78, 5) is 35.7. The Morgan fingerprint density at radius 2 is 1.86 bits per heavy atom. The van der Waals surface area contributed by atoms with E-state index >= 15 is 0 Å². The minimum Gasteiger partial charge on any atom is -0.493 e. The fourth-order valence-electron chi connectivity index (χ4n) is 2.25. The van der Waals surface area contributed by atoms with Crippen LogP contribution in [0.1, 0.15) is 22.8 Å². The second kappa shape index (κ2) is 10.1. The largest absolute Gasteiger partial charge is 0.493 e. The van der Waals surface area contributed by atoms with Crippen molar-refractivity contribution in [3.63, 3.8) is 0 Å². The molecule has 0 radical (unpaired) electrons. The summed E-state index contributed by atoms with van der Waals surface area (Å²) in [5.41, 5.74) is 0.993. The Bertz CT molecular complexity index is 869. The van der Waals surface area contributed by atoms with E-state index in [0.29, 0.717) is 17.9 Å². The molecule has 0 heterocycles. The van der Waals surface area contributed by atoms with E-state index in [4.69, 9.17) is 9.47 Å². The van der Waals surface area contributed by atoms with Crippen molar-refractivity contribution in [1.29, 1.82) is 0 Å². The minimum absolute atomic E-state index is 0.255. The second-order valence-corrected chi connectivity index (χ2v) is 5.78. The first kappa shape index (κ1) is 20.9. The number of aryl methyl sites for hydroxylation is 1. The van der Waals surface area contributed by atoms with E-state index in [1.165, 1.54) is 18.2 Å². The Balaban J connectivity index is 1.78. The van der Waals surface area contributed by atoms with E-state index in [9.17, 15) is 18.8 Å². The average molecular weight is 388 g/mol. The number of carbonyl (C=O) groups is 3. The van der Waals surface area contributed by atoms with Crippen molar-refractivity contribution in [3.05, 3.63) is 59.4 Å². The number of amides is 2. The van der Waals surface area contributed by atoms with E-state index in [2.05, 4.69) is 10.6 Å². The molecule has 0 aliphatic carbocycles. The van der Waals surface area contributed by atoms with Gasteiger partial charge in [-0.05, 0) is 43.7 Å². The van der Waals surface area contributed by atoms with Crippen LogP contribution in [0.5, 0.6) is 5.75 Å². The van der Waals surface area contributed by atoms with Crippen molar-refractivity contribution in [2.75, 3.05) is 25.1 Å². The number of hydrogen-bond acceptors (Lipinski definition) is 5. The molecule has 28 heavy (non-hydrogen) atoms. The maximum absolute atomic E-state index is 13.5. The maximum Gasteiger partial charge on any atom is 0.325 e. The van der Waals surface area contributed by atoms with Crippen LogP contribution in [0.25, 0.3) is 0 Å². The van der Waals surface area contributed by atoms with E-state index < -0.39 is 36.8 Å². The first-order chi connectivity index (χ1) is 13.4. The first-order valence-electron chi connectivity index (χ1n) is 8.62. The fourth-order valence-corrected chi connectivity index (χ4v) is 2.25. The summed E-state index contributed by atoms with van der Waals surface area (Å²) < 4.78 is 23.6. The zero-order valence-electron chi connectivity index (χ0n) is 15.6. The maximum atomic E-state index is 13.5. The van der Waals surface area contributed by atoms with Gasteiger partial charge >= 0.3 is 5.97 Å². The molecule has 2 aromatic carbocycles. The number of nitrogens with one attached hydrogen (secondary N) is 2. The van der Waals surface area contributed by atoms with Gasteiger partial charge in [0, 0.05) is 5.69 Å². The number of para-hydroxylation sites is 1. The zero-order chi connectivity index (χ0) is 20.5. The van der Waals surface area contributed by atoms with Crippen LogP contribution in [0, 0.1) is 12.7 Å². The standard InChI is InChI=1S/C20H21FN2O5/c1-3-27-17-7-5-4-6-15(17)20(26)22-11-19(25)28-12-18(24)23-14-9-8-13(2)16(21)10-14/h4-10H,3,11-12H2,1-2H3,(H,22,26)(H,23,24). The Morgan fingerprint density at radius 1 is 1.11 bits per heavy atom. The lowest BCUT2D eigenvalue weighted by Crippen LogP contribution is -2.32. The fraction of sp³-hybridized carbons (Fsp3) is 0.250. The van der Waals surface area contributed by atoms with Crippen LogP contribution in [0.2, 0.25) is 0 Å². The molecule has 8 heteroatoms. The lowest BCUT2D eigenvalue weighted by Gasteiger charge is -2.10. The Hall–Kier alpha value is -3.42. The number of rotatable bonds is 8. The summed E-state index contributed by atoms with van der Waals surface area (Å²) in [6, 6.07) is 10.9. The van der Waals surface area contributed by atoms with Crippen molar-refractivity contribution >= 4 is 23.5 Å². The van der Waals surface area contributed by atoms with Gasteiger partial charge in [0.25, 0.3) is 11.8 Å². The molecule has 0 atom stereocenters. The van der Waals surface area contributed by atoms with Crippen molar-refractivity contribution in [1.82, 2.24) is 5.32 Å². The lowest BCUT2D eigenvalue weighted by atomic mass is 10.2. The van der Waals surface area contributed by atoms with Crippen LogP contribution in [0.4, 0.5) is 10.1 Å². The van der Waals surface area contributed by atoms with Crippen LogP contribution in [-0.4, -0.2) is 37.5 Å². The van der Waals surface area contributed by atoms with E-state index in [-0.39, 0.29) is 11.3 Å². The molecule has 7 nitrogen and oxygen atoms in total. The summed E-state index contributed by atoms with van der Waals surface area (Å²) in [6.07, 6.45) is 0. The Kier molecular flexibility index (Phi) is 7.50. The van der Waals surface area contributed by atoms with E-state index in [1.54, 1.807) is 38.1 Å². The van der Waals surface area contributed by atoms with Crippen molar-refractivity contribution in [2.45, 2.75) is 13.8 Å². The van der Waals surface area contributed by atoms with Crippen LogP contribution >= 0.6 is 0 Å². The molecular formula is C20H21FN2O5. The topological polar surface area (TPSA) is 93.7 Å². The molecule has 2 amide bonds. The van der Waals surface area contributed by atoms with Gasteiger partial charge in [0.2, 0.25) is 0 Å². The Morgan fingerprint density at radius 3 is 2.57 bits per heavy atom. The molecule has 0 fully saturated rings. The predicted octanol–water partition coefficient (Wildman–Crippen LogP) is 2.44. The van der Waals surface area contributed by atoms with Gasteiger partial charge in [-0.25, -0.2) is 4.39 Å². The molecule has 2 rings (SSSR count). The highest BCUT2D eigenvalue weighted by Crippen LogP contribution is 2.17. The van der Waals surface area contributed by atoms with Crippen molar-refractivity contribution in [2.24, 2.45) is 0 Å². The van der Waals surface area contributed by atoms with Gasteiger partial charge < -0.3 is 20.1 Å². The third kappa shape index (κ3) is 6.08. The molecular weight excluding hydrogens is 367 g/mol. The molecule has 0 spiro atoms. The Labute approximate surface area is 161 Å². The molecule has 0 saturated heterocycles. The number of ether oxygens (including phenoxy) is 2. The number of halogens is 1. The third-order valence-electron chi connectivity index (χ3n) is 3.64. The molecule has 0 aromatic heterocycles. The van der Waals surface area contributed by atoms with Gasteiger partial charge in [0.1, 0.15) is 18.1 Å². The van der Waals surface area contributed by atoms with Gasteiger partial charge in [-0.1, -0.05) is 18.2 Å².